The SMILES string of the molecule is O=C(N/N=C\c1c(OC(=O)c2ccc(Cl)cc2Cl)ccc2ccccc12)C(=O)Nc1ccccc1Cl. The highest BCUT2D eigenvalue weighted by molar-refractivity contribution is 6.41. The van der Waals surface area contributed by atoms with Crippen LogP contribution in [0.25, 0.3) is 10.8 Å². The van der Waals surface area contributed by atoms with Crippen molar-refractivity contribution in [3.05, 3.63) is 105 Å². The molecule has 0 radical (unpaired) electrons. The number of hydrogen-bond donors (Lipinski definition) is 2. The summed E-state index contributed by atoms with van der Waals surface area (Å²) < 4.78 is 5.59. The number of carbonyl (C=O) groups is 3. The molecule has 0 aliphatic carbocycles. The minimum absolute atomic E-state index is 0.127. The molecular weight excluding hydrogens is 525 g/mol. The summed E-state index contributed by atoms with van der Waals surface area (Å²) in [5.41, 5.74) is 2.97. The summed E-state index contributed by atoms with van der Waals surface area (Å²) in [6.07, 6.45) is 1.29. The first kappa shape index (κ1) is 25.2. The highest BCUT2D eigenvalue weighted by atomic mass is 35.5. The quantitative estimate of drug-likeness (QED) is 0.105. The normalized spacial score (nSPS) is 10.9. The first-order valence-electron chi connectivity index (χ1n) is 10.4. The number of benzene rings is 4. The van der Waals surface area contributed by atoms with Crippen molar-refractivity contribution in [2.75, 3.05) is 5.32 Å². The zero-order valence-electron chi connectivity index (χ0n) is 18.3. The lowest BCUT2D eigenvalue weighted by Crippen LogP contribution is -2.32. The number of anilines is 1. The number of esters is 1. The Bertz CT molecular complexity index is 1520. The number of amides is 2. The second-order valence-corrected chi connectivity index (χ2v) is 8.60. The van der Waals surface area contributed by atoms with Gasteiger partial charge >= 0.3 is 17.8 Å². The molecule has 0 saturated carbocycles. The Morgan fingerprint density at radius 1 is 0.806 bits per heavy atom. The molecule has 4 aromatic rings. The summed E-state index contributed by atoms with van der Waals surface area (Å²) in [6.45, 7) is 0. The molecule has 4 rings (SSSR count). The Morgan fingerprint density at radius 2 is 1.56 bits per heavy atom. The fourth-order valence-electron chi connectivity index (χ4n) is 3.26. The van der Waals surface area contributed by atoms with Crippen LogP contribution in [-0.4, -0.2) is 24.0 Å². The molecule has 0 saturated heterocycles. The summed E-state index contributed by atoms with van der Waals surface area (Å²) in [5.74, 6) is -2.51. The summed E-state index contributed by atoms with van der Waals surface area (Å²) in [6, 6.07) is 21.6. The van der Waals surface area contributed by atoms with Crippen LogP contribution in [0, 0.1) is 0 Å². The van der Waals surface area contributed by atoms with Gasteiger partial charge in [0.1, 0.15) is 5.75 Å². The number of rotatable bonds is 5. The number of halogens is 3. The summed E-state index contributed by atoms with van der Waals surface area (Å²) in [7, 11) is 0. The Balaban J connectivity index is 1.56. The lowest BCUT2D eigenvalue weighted by Gasteiger charge is -2.11. The van der Waals surface area contributed by atoms with Crippen molar-refractivity contribution in [3.63, 3.8) is 0 Å². The van der Waals surface area contributed by atoms with E-state index in [0.29, 0.717) is 16.0 Å². The number of ether oxygens (including phenoxy) is 1. The molecule has 0 spiro atoms. The third-order valence-corrected chi connectivity index (χ3v) is 5.85. The molecule has 2 amide bonds. The van der Waals surface area contributed by atoms with Crippen LogP contribution in [0.1, 0.15) is 15.9 Å². The van der Waals surface area contributed by atoms with Gasteiger partial charge in [0.2, 0.25) is 0 Å². The Kier molecular flexibility index (Phi) is 7.85. The predicted molar refractivity (Wildman–Crippen MR) is 141 cm³/mol. The van der Waals surface area contributed by atoms with E-state index in [4.69, 9.17) is 39.5 Å². The van der Waals surface area contributed by atoms with Gasteiger partial charge in [-0.1, -0.05) is 77.3 Å². The van der Waals surface area contributed by atoms with E-state index in [1.54, 1.807) is 48.5 Å². The minimum Gasteiger partial charge on any atom is -0.422 e. The summed E-state index contributed by atoms with van der Waals surface area (Å²) >= 11 is 18.0. The second kappa shape index (κ2) is 11.2. The summed E-state index contributed by atoms with van der Waals surface area (Å²) in [4.78, 5) is 37.2. The molecule has 0 bridgehead atoms. The van der Waals surface area contributed by atoms with Gasteiger partial charge in [-0.05, 0) is 47.2 Å². The number of nitrogens with one attached hydrogen (secondary N) is 2. The maximum absolute atomic E-state index is 12.8. The van der Waals surface area contributed by atoms with Crippen LogP contribution in [-0.2, 0) is 9.59 Å². The average molecular weight is 541 g/mol. The van der Waals surface area contributed by atoms with E-state index in [2.05, 4.69) is 15.8 Å². The van der Waals surface area contributed by atoms with E-state index in [0.717, 1.165) is 5.39 Å². The average Bonchev–Trinajstić information content (AvgIpc) is 2.86. The molecule has 4 aromatic carbocycles. The molecule has 36 heavy (non-hydrogen) atoms. The molecule has 10 heteroatoms. The minimum atomic E-state index is -1.02. The van der Waals surface area contributed by atoms with E-state index in [1.165, 1.54) is 24.4 Å². The van der Waals surface area contributed by atoms with E-state index in [-0.39, 0.29) is 27.0 Å². The Hall–Kier alpha value is -3.91. The number of nitrogens with zero attached hydrogens (tertiary/aromatic N) is 1. The van der Waals surface area contributed by atoms with Gasteiger partial charge < -0.3 is 10.1 Å². The second-order valence-electron chi connectivity index (χ2n) is 7.35. The smallest absolute Gasteiger partial charge is 0.345 e. The van der Waals surface area contributed by atoms with E-state index in [9.17, 15) is 14.4 Å². The van der Waals surface area contributed by atoms with Gasteiger partial charge in [0.25, 0.3) is 0 Å². The van der Waals surface area contributed by atoms with Crippen molar-refractivity contribution in [1.82, 2.24) is 5.43 Å². The predicted octanol–water partition coefficient (Wildman–Crippen LogP) is 6.11. The number of hydrazone groups is 1. The molecule has 2 N–H and O–H groups in total. The number of hydrogen-bond acceptors (Lipinski definition) is 5. The molecule has 0 fully saturated rings. The lowest BCUT2D eigenvalue weighted by molar-refractivity contribution is -0.136. The van der Waals surface area contributed by atoms with Gasteiger partial charge in [-0.25, -0.2) is 10.2 Å². The van der Waals surface area contributed by atoms with Gasteiger partial charge in [-0.3, -0.25) is 9.59 Å². The zero-order chi connectivity index (χ0) is 25.7. The Morgan fingerprint density at radius 3 is 2.33 bits per heavy atom. The molecule has 180 valence electrons. The van der Waals surface area contributed by atoms with E-state index in [1.807, 2.05) is 12.1 Å². The third kappa shape index (κ3) is 5.83. The maximum Gasteiger partial charge on any atom is 0.345 e. The van der Waals surface area contributed by atoms with Crippen LogP contribution in [0.3, 0.4) is 0 Å². The van der Waals surface area contributed by atoms with Crippen molar-refractivity contribution in [1.29, 1.82) is 0 Å². The highest BCUT2D eigenvalue weighted by Gasteiger charge is 2.17. The molecule has 0 aromatic heterocycles. The van der Waals surface area contributed by atoms with E-state index >= 15 is 0 Å². The fourth-order valence-corrected chi connectivity index (χ4v) is 3.92. The van der Waals surface area contributed by atoms with Gasteiger partial charge in [0, 0.05) is 10.6 Å². The van der Waals surface area contributed by atoms with Gasteiger partial charge in [0.05, 0.1) is 27.5 Å². The Labute approximate surface area is 220 Å². The van der Waals surface area contributed by atoms with Crippen LogP contribution in [0.2, 0.25) is 15.1 Å². The molecule has 0 atom stereocenters. The first-order valence-corrected chi connectivity index (χ1v) is 11.5. The van der Waals surface area contributed by atoms with Gasteiger partial charge in [-0.2, -0.15) is 5.10 Å². The molecule has 0 aliphatic heterocycles. The lowest BCUT2D eigenvalue weighted by atomic mass is 10.0. The number of para-hydroxylation sites is 1. The third-order valence-electron chi connectivity index (χ3n) is 4.97. The molecule has 7 nitrogen and oxygen atoms in total. The fraction of sp³-hybridized carbons (Fsp3) is 0. The van der Waals surface area contributed by atoms with E-state index < -0.39 is 17.8 Å². The topological polar surface area (TPSA) is 96.9 Å². The van der Waals surface area contributed by atoms with Crippen LogP contribution in [0.5, 0.6) is 5.75 Å². The number of fused-ring (bicyclic) bond motifs is 1. The van der Waals surface area contributed by atoms with Crippen molar-refractivity contribution in [3.8, 4) is 5.75 Å². The van der Waals surface area contributed by atoms with Crippen LogP contribution < -0.4 is 15.5 Å². The van der Waals surface area contributed by atoms with Crippen LogP contribution in [0.4, 0.5) is 5.69 Å². The van der Waals surface area contributed by atoms with Crippen LogP contribution >= 0.6 is 34.8 Å². The maximum atomic E-state index is 12.8. The standard InChI is InChI=1S/C26H16Cl3N3O4/c27-16-10-11-18(21(29)13-16)26(35)36-23-12-9-15-5-1-2-6-17(15)19(23)14-30-32-25(34)24(33)31-22-8-4-3-7-20(22)28/h1-14H,(H,31,33)(H,32,34)/b30-14-. The molecule has 0 heterocycles. The van der Waals surface area contributed by atoms with Crippen molar-refractivity contribution in [2.45, 2.75) is 0 Å². The van der Waals surface area contributed by atoms with Gasteiger partial charge in [0.15, 0.2) is 0 Å². The number of carbonyl (C=O) groups excluding carboxylic acids is 3. The van der Waals surface area contributed by atoms with Crippen LogP contribution in [0.15, 0.2) is 84.0 Å². The summed E-state index contributed by atoms with van der Waals surface area (Å²) in [5, 5.41) is 8.64. The molecule has 0 aliphatic rings. The van der Waals surface area contributed by atoms with Crippen molar-refractivity contribution >= 4 is 75.3 Å². The van der Waals surface area contributed by atoms with Gasteiger partial charge in [-0.15, -0.1) is 0 Å². The van der Waals surface area contributed by atoms with Crippen molar-refractivity contribution < 1.29 is 19.1 Å². The first-order chi connectivity index (χ1) is 17.3. The largest absolute Gasteiger partial charge is 0.422 e. The zero-order valence-corrected chi connectivity index (χ0v) is 20.6. The monoisotopic (exact) mass is 539 g/mol. The molecule has 0 unspecified atom stereocenters. The highest BCUT2D eigenvalue weighted by Crippen LogP contribution is 2.29. The molecular formula is C26H16Cl3N3O4. The van der Waals surface area contributed by atoms with Crippen molar-refractivity contribution in [2.24, 2.45) is 5.10 Å².